The van der Waals surface area contributed by atoms with Crippen LogP contribution in [0, 0.1) is 6.92 Å². The minimum absolute atomic E-state index is 0.748. The summed E-state index contributed by atoms with van der Waals surface area (Å²) < 4.78 is 0. The predicted octanol–water partition coefficient (Wildman–Crippen LogP) is 2.78. The second-order valence-corrected chi connectivity index (χ2v) is 4.49. The van der Waals surface area contributed by atoms with Gasteiger partial charge >= 0.3 is 0 Å². The molecule has 0 bridgehead atoms. The number of aromatic nitrogens is 1. The molecule has 1 heterocycles. The monoisotopic (exact) mass is 242 g/mol. The number of aryl methyl sites for hydroxylation is 1. The summed E-state index contributed by atoms with van der Waals surface area (Å²) in [6.45, 7) is 1.94. The lowest BCUT2D eigenvalue weighted by Crippen LogP contribution is -2.08. The number of nitrogens with one attached hydrogen (secondary N) is 1. The number of anilines is 4. The van der Waals surface area contributed by atoms with Gasteiger partial charge in [-0.25, -0.2) is 4.98 Å². The van der Waals surface area contributed by atoms with E-state index in [2.05, 4.69) is 27.3 Å². The standard InChI is InChI=1S/C14H18N4/c1-10-9-16-14(8-13(10)15)17-11-4-6-12(7-5-11)18(2)3/h4-9H,1-3H3,(H3,15,16,17). The topological polar surface area (TPSA) is 54.2 Å². The Bertz CT molecular complexity index is 532. The van der Waals surface area contributed by atoms with Crippen molar-refractivity contribution in [3.8, 4) is 0 Å². The third kappa shape index (κ3) is 2.71. The third-order valence-electron chi connectivity index (χ3n) is 2.80. The van der Waals surface area contributed by atoms with Gasteiger partial charge in [0.1, 0.15) is 5.82 Å². The van der Waals surface area contributed by atoms with Gasteiger partial charge in [0.25, 0.3) is 0 Å². The van der Waals surface area contributed by atoms with E-state index in [-0.39, 0.29) is 0 Å². The van der Waals surface area contributed by atoms with Crippen molar-refractivity contribution in [3.05, 3.63) is 42.1 Å². The highest BCUT2D eigenvalue weighted by molar-refractivity contribution is 5.63. The molecule has 2 aromatic rings. The molecule has 2 rings (SSSR count). The van der Waals surface area contributed by atoms with E-state index in [0.717, 1.165) is 28.4 Å². The Morgan fingerprint density at radius 2 is 1.83 bits per heavy atom. The molecule has 94 valence electrons. The molecule has 1 aromatic heterocycles. The number of pyridine rings is 1. The van der Waals surface area contributed by atoms with E-state index in [1.165, 1.54) is 0 Å². The van der Waals surface area contributed by atoms with Crippen LogP contribution in [0.25, 0.3) is 0 Å². The van der Waals surface area contributed by atoms with E-state index in [9.17, 15) is 0 Å². The molecule has 4 heteroatoms. The maximum Gasteiger partial charge on any atom is 0.132 e. The number of hydrogen-bond acceptors (Lipinski definition) is 4. The molecule has 0 aliphatic carbocycles. The lowest BCUT2D eigenvalue weighted by molar-refractivity contribution is 1.13. The van der Waals surface area contributed by atoms with Gasteiger partial charge in [-0.3, -0.25) is 0 Å². The van der Waals surface area contributed by atoms with Crippen molar-refractivity contribution in [2.75, 3.05) is 30.0 Å². The van der Waals surface area contributed by atoms with Crippen molar-refractivity contribution in [2.45, 2.75) is 6.92 Å². The Hall–Kier alpha value is -2.23. The smallest absolute Gasteiger partial charge is 0.132 e. The van der Waals surface area contributed by atoms with E-state index in [1.54, 1.807) is 6.20 Å². The highest BCUT2D eigenvalue weighted by atomic mass is 15.1. The fraction of sp³-hybridized carbons (Fsp3) is 0.214. The summed E-state index contributed by atoms with van der Waals surface area (Å²) in [6.07, 6.45) is 1.77. The molecule has 0 aliphatic heterocycles. The molecular weight excluding hydrogens is 224 g/mol. The SMILES string of the molecule is Cc1cnc(Nc2ccc(N(C)C)cc2)cc1N. The van der Waals surface area contributed by atoms with Crippen molar-refractivity contribution >= 4 is 22.9 Å². The average Bonchev–Trinajstić information content (AvgIpc) is 2.34. The molecule has 18 heavy (non-hydrogen) atoms. The predicted molar refractivity (Wildman–Crippen MR) is 77.4 cm³/mol. The average molecular weight is 242 g/mol. The molecule has 0 atom stereocenters. The zero-order chi connectivity index (χ0) is 13.1. The fourth-order valence-electron chi connectivity index (χ4n) is 1.60. The Balaban J connectivity index is 2.15. The first kappa shape index (κ1) is 12.2. The first-order valence-corrected chi connectivity index (χ1v) is 5.83. The van der Waals surface area contributed by atoms with Gasteiger partial charge in [-0.1, -0.05) is 0 Å². The van der Waals surface area contributed by atoms with E-state index >= 15 is 0 Å². The molecular formula is C14H18N4. The molecule has 0 saturated heterocycles. The van der Waals surface area contributed by atoms with Gasteiger partial charge in [-0.05, 0) is 36.8 Å². The summed E-state index contributed by atoms with van der Waals surface area (Å²) in [5, 5.41) is 3.23. The van der Waals surface area contributed by atoms with E-state index < -0.39 is 0 Å². The van der Waals surface area contributed by atoms with Crippen molar-refractivity contribution in [2.24, 2.45) is 0 Å². The first-order valence-electron chi connectivity index (χ1n) is 5.83. The van der Waals surface area contributed by atoms with Gasteiger partial charge in [-0.2, -0.15) is 0 Å². The van der Waals surface area contributed by atoms with Crippen LogP contribution in [-0.4, -0.2) is 19.1 Å². The molecule has 4 nitrogen and oxygen atoms in total. The molecule has 0 aliphatic rings. The minimum Gasteiger partial charge on any atom is -0.398 e. The maximum absolute atomic E-state index is 5.85. The third-order valence-corrected chi connectivity index (χ3v) is 2.80. The molecule has 1 aromatic carbocycles. The Kier molecular flexibility index (Phi) is 3.37. The highest BCUT2D eigenvalue weighted by Crippen LogP contribution is 2.21. The van der Waals surface area contributed by atoms with Crippen LogP contribution in [0.15, 0.2) is 36.5 Å². The van der Waals surface area contributed by atoms with Crippen LogP contribution >= 0.6 is 0 Å². The lowest BCUT2D eigenvalue weighted by Gasteiger charge is -2.13. The summed E-state index contributed by atoms with van der Waals surface area (Å²) in [5.41, 5.74) is 9.75. The number of rotatable bonds is 3. The van der Waals surface area contributed by atoms with Gasteiger partial charge in [-0.15, -0.1) is 0 Å². The number of hydrogen-bond donors (Lipinski definition) is 2. The van der Waals surface area contributed by atoms with Gasteiger partial charge in [0.2, 0.25) is 0 Å². The van der Waals surface area contributed by atoms with E-state index in [1.807, 2.05) is 39.2 Å². The first-order chi connectivity index (χ1) is 8.56. The molecule has 0 fully saturated rings. The van der Waals surface area contributed by atoms with Crippen LogP contribution < -0.4 is 16.0 Å². The second-order valence-electron chi connectivity index (χ2n) is 4.49. The molecule has 0 spiro atoms. The van der Waals surface area contributed by atoms with Crippen LogP contribution in [0.3, 0.4) is 0 Å². The zero-order valence-electron chi connectivity index (χ0n) is 10.9. The second kappa shape index (κ2) is 4.96. The van der Waals surface area contributed by atoms with E-state index in [4.69, 9.17) is 5.73 Å². The van der Waals surface area contributed by atoms with Crippen LogP contribution in [-0.2, 0) is 0 Å². The zero-order valence-corrected chi connectivity index (χ0v) is 10.9. The molecule has 3 N–H and O–H groups in total. The molecule has 0 amide bonds. The van der Waals surface area contributed by atoms with Gasteiger partial charge in [0.15, 0.2) is 0 Å². The summed E-state index contributed by atoms with van der Waals surface area (Å²) in [4.78, 5) is 6.35. The number of nitrogens with two attached hydrogens (primary N) is 1. The largest absolute Gasteiger partial charge is 0.398 e. The van der Waals surface area contributed by atoms with Gasteiger partial charge in [0, 0.05) is 43.4 Å². The van der Waals surface area contributed by atoms with Crippen molar-refractivity contribution < 1.29 is 0 Å². The fourth-order valence-corrected chi connectivity index (χ4v) is 1.60. The van der Waals surface area contributed by atoms with Crippen molar-refractivity contribution in [1.82, 2.24) is 4.98 Å². The summed E-state index contributed by atoms with van der Waals surface area (Å²) in [5.74, 6) is 0.760. The molecule has 0 saturated carbocycles. The highest BCUT2D eigenvalue weighted by Gasteiger charge is 2.00. The Labute approximate surface area is 107 Å². The van der Waals surface area contributed by atoms with Crippen LogP contribution in [0.5, 0.6) is 0 Å². The quantitative estimate of drug-likeness (QED) is 0.869. The Morgan fingerprint density at radius 1 is 1.17 bits per heavy atom. The summed E-state index contributed by atoms with van der Waals surface area (Å²) in [7, 11) is 4.04. The van der Waals surface area contributed by atoms with Crippen LogP contribution in [0.1, 0.15) is 5.56 Å². The summed E-state index contributed by atoms with van der Waals surface area (Å²) in [6, 6.07) is 10.00. The van der Waals surface area contributed by atoms with E-state index in [0.29, 0.717) is 0 Å². The summed E-state index contributed by atoms with van der Waals surface area (Å²) >= 11 is 0. The normalized spacial score (nSPS) is 10.2. The van der Waals surface area contributed by atoms with Crippen LogP contribution in [0.4, 0.5) is 22.9 Å². The van der Waals surface area contributed by atoms with Crippen LogP contribution in [0.2, 0.25) is 0 Å². The maximum atomic E-state index is 5.85. The van der Waals surface area contributed by atoms with Crippen molar-refractivity contribution in [1.29, 1.82) is 0 Å². The van der Waals surface area contributed by atoms with Gasteiger partial charge in [0.05, 0.1) is 0 Å². The molecule has 0 radical (unpaired) electrons. The minimum atomic E-state index is 0.748. The Morgan fingerprint density at radius 3 is 2.39 bits per heavy atom. The number of benzene rings is 1. The number of nitrogens with zero attached hydrogens (tertiary/aromatic N) is 2. The van der Waals surface area contributed by atoms with Crippen molar-refractivity contribution in [3.63, 3.8) is 0 Å². The van der Waals surface area contributed by atoms with Gasteiger partial charge < -0.3 is 16.0 Å². The molecule has 0 unspecified atom stereocenters. The lowest BCUT2D eigenvalue weighted by atomic mass is 10.2. The number of nitrogen functional groups attached to an aromatic ring is 1.